The summed E-state index contributed by atoms with van der Waals surface area (Å²) in [7, 11) is 0. The first kappa shape index (κ1) is 11.3. The molecule has 3 N–H and O–H groups in total. The van der Waals surface area contributed by atoms with Crippen LogP contribution < -0.4 is 11.1 Å². The van der Waals surface area contributed by atoms with Crippen molar-refractivity contribution in [1.82, 2.24) is 9.88 Å². The predicted molar refractivity (Wildman–Crippen MR) is 55.7 cm³/mol. The van der Waals surface area contributed by atoms with Crippen molar-refractivity contribution >= 4 is 5.91 Å². The Morgan fingerprint density at radius 1 is 1.80 bits per heavy atom. The summed E-state index contributed by atoms with van der Waals surface area (Å²) in [6, 6.07) is 5.46. The maximum Gasteiger partial charge on any atom is 0.240 e. The summed E-state index contributed by atoms with van der Waals surface area (Å²) in [5.74, 6) is -0.186. The maximum absolute atomic E-state index is 11.3. The summed E-state index contributed by atoms with van der Waals surface area (Å²) in [6.45, 7) is 2.10. The highest BCUT2D eigenvalue weighted by Crippen LogP contribution is 2.09. The van der Waals surface area contributed by atoms with Crippen molar-refractivity contribution in [3.63, 3.8) is 0 Å². The van der Waals surface area contributed by atoms with Crippen molar-refractivity contribution in [2.75, 3.05) is 6.54 Å². The van der Waals surface area contributed by atoms with Gasteiger partial charge >= 0.3 is 0 Å². The zero-order chi connectivity index (χ0) is 11.3. The molecular weight excluding hydrogens is 192 g/mol. The number of nitrogens with two attached hydrogens (primary N) is 1. The molecule has 1 aromatic rings. The van der Waals surface area contributed by atoms with Gasteiger partial charge in [-0.05, 0) is 19.1 Å². The number of aromatic nitrogens is 1. The van der Waals surface area contributed by atoms with Gasteiger partial charge in [0, 0.05) is 17.9 Å². The van der Waals surface area contributed by atoms with E-state index in [4.69, 9.17) is 11.0 Å². The van der Waals surface area contributed by atoms with E-state index < -0.39 is 0 Å². The zero-order valence-corrected chi connectivity index (χ0v) is 8.60. The van der Waals surface area contributed by atoms with Gasteiger partial charge in [0.25, 0.3) is 0 Å². The summed E-state index contributed by atoms with van der Waals surface area (Å²) in [5, 5.41) is 10.8. The van der Waals surface area contributed by atoms with Crippen molar-refractivity contribution in [3.8, 4) is 6.07 Å². The van der Waals surface area contributed by atoms with Gasteiger partial charge < -0.3 is 15.6 Å². The van der Waals surface area contributed by atoms with Gasteiger partial charge in [0.2, 0.25) is 5.91 Å². The van der Waals surface area contributed by atoms with Crippen molar-refractivity contribution in [2.24, 2.45) is 5.73 Å². The Kier molecular flexibility index (Phi) is 3.89. The van der Waals surface area contributed by atoms with E-state index in [1.165, 1.54) is 0 Å². The van der Waals surface area contributed by atoms with Crippen molar-refractivity contribution in [1.29, 1.82) is 5.26 Å². The van der Waals surface area contributed by atoms with E-state index in [2.05, 4.69) is 5.32 Å². The van der Waals surface area contributed by atoms with Crippen LogP contribution in [0.4, 0.5) is 0 Å². The van der Waals surface area contributed by atoms with Gasteiger partial charge in [-0.3, -0.25) is 4.79 Å². The Hall–Kier alpha value is -1.80. The molecule has 0 saturated carbocycles. The fraction of sp³-hybridized carbons (Fsp3) is 0.400. The molecule has 1 heterocycles. The van der Waals surface area contributed by atoms with Crippen LogP contribution in [-0.2, 0) is 11.3 Å². The van der Waals surface area contributed by atoms with Crippen LogP contribution in [0.1, 0.15) is 18.7 Å². The van der Waals surface area contributed by atoms with E-state index in [0.29, 0.717) is 0 Å². The average molecular weight is 206 g/mol. The van der Waals surface area contributed by atoms with Crippen LogP contribution in [0, 0.1) is 11.3 Å². The number of hydrogen-bond acceptors (Lipinski definition) is 3. The quantitative estimate of drug-likeness (QED) is 0.688. The van der Waals surface area contributed by atoms with E-state index in [9.17, 15) is 4.79 Å². The van der Waals surface area contributed by atoms with Gasteiger partial charge in [0.05, 0.1) is 6.07 Å². The molecule has 5 heteroatoms. The Balaban J connectivity index is 2.61. The third kappa shape index (κ3) is 3.11. The van der Waals surface area contributed by atoms with Crippen LogP contribution in [0.3, 0.4) is 0 Å². The minimum absolute atomic E-state index is 0.0353. The summed E-state index contributed by atoms with van der Waals surface area (Å²) < 4.78 is 1.78. The summed E-state index contributed by atoms with van der Waals surface area (Å²) in [6.07, 6.45) is 1.80. The molecule has 80 valence electrons. The van der Waals surface area contributed by atoms with Crippen LogP contribution in [0.25, 0.3) is 0 Å². The summed E-state index contributed by atoms with van der Waals surface area (Å²) in [5.41, 5.74) is 6.63. The Labute approximate surface area is 88.5 Å². The molecule has 0 saturated heterocycles. The van der Waals surface area contributed by atoms with E-state index in [0.717, 1.165) is 5.69 Å². The van der Waals surface area contributed by atoms with Gasteiger partial charge in [-0.1, -0.05) is 0 Å². The molecule has 0 aliphatic heterocycles. The predicted octanol–water partition coefficient (Wildman–Crippen LogP) is 0.148. The lowest BCUT2D eigenvalue weighted by Crippen LogP contribution is -2.28. The average Bonchev–Trinajstić information content (AvgIpc) is 2.62. The minimum Gasteiger partial charge on any atom is -0.341 e. The second-order valence-corrected chi connectivity index (χ2v) is 3.28. The van der Waals surface area contributed by atoms with Gasteiger partial charge in [-0.15, -0.1) is 0 Å². The normalized spacial score (nSPS) is 11.8. The van der Waals surface area contributed by atoms with Crippen molar-refractivity contribution in [2.45, 2.75) is 19.5 Å². The molecule has 1 aromatic heterocycles. The molecule has 0 aliphatic carbocycles. The van der Waals surface area contributed by atoms with Gasteiger partial charge in [0.15, 0.2) is 0 Å². The van der Waals surface area contributed by atoms with Crippen LogP contribution in [-0.4, -0.2) is 17.0 Å². The van der Waals surface area contributed by atoms with Crippen LogP contribution in [0.15, 0.2) is 18.3 Å². The van der Waals surface area contributed by atoms with Gasteiger partial charge in [-0.2, -0.15) is 5.26 Å². The van der Waals surface area contributed by atoms with E-state index in [1.807, 2.05) is 25.1 Å². The lowest BCUT2D eigenvalue weighted by atomic mass is 10.2. The Morgan fingerprint density at radius 2 is 2.53 bits per heavy atom. The first-order valence-electron chi connectivity index (χ1n) is 4.69. The van der Waals surface area contributed by atoms with E-state index in [1.54, 1.807) is 10.8 Å². The monoisotopic (exact) mass is 206 g/mol. The lowest BCUT2D eigenvalue weighted by molar-refractivity contribution is -0.121. The smallest absolute Gasteiger partial charge is 0.240 e. The highest BCUT2D eigenvalue weighted by molar-refractivity contribution is 5.76. The van der Waals surface area contributed by atoms with Crippen LogP contribution >= 0.6 is 0 Å². The Morgan fingerprint density at radius 3 is 3.13 bits per heavy atom. The van der Waals surface area contributed by atoms with Gasteiger partial charge in [0.1, 0.15) is 13.1 Å². The topological polar surface area (TPSA) is 83.8 Å². The number of nitrogens with zero attached hydrogens (tertiary/aromatic N) is 2. The van der Waals surface area contributed by atoms with Crippen molar-refractivity contribution < 1.29 is 4.79 Å². The molecule has 0 fully saturated rings. The highest BCUT2D eigenvalue weighted by Gasteiger charge is 2.08. The van der Waals surface area contributed by atoms with Crippen LogP contribution in [0.2, 0.25) is 0 Å². The number of rotatable bonds is 4. The van der Waals surface area contributed by atoms with E-state index in [-0.39, 0.29) is 25.0 Å². The lowest BCUT2D eigenvalue weighted by Gasteiger charge is -2.11. The van der Waals surface area contributed by atoms with E-state index >= 15 is 0 Å². The zero-order valence-electron chi connectivity index (χ0n) is 8.60. The summed E-state index contributed by atoms with van der Waals surface area (Å²) in [4.78, 5) is 11.3. The van der Waals surface area contributed by atoms with Crippen molar-refractivity contribution in [3.05, 3.63) is 24.0 Å². The molecule has 0 aliphatic rings. The number of amides is 1. The third-order valence-electron chi connectivity index (χ3n) is 2.01. The number of nitrogens with one attached hydrogen (secondary N) is 1. The molecule has 0 bridgehead atoms. The molecule has 0 radical (unpaired) electrons. The second-order valence-electron chi connectivity index (χ2n) is 3.28. The fourth-order valence-electron chi connectivity index (χ4n) is 1.33. The molecule has 15 heavy (non-hydrogen) atoms. The molecular formula is C10H14N4O. The van der Waals surface area contributed by atoms with Crippen LogP contribution in [0.5, 0.6) is 0 Å². The molecule has 0 aromatic carbocycles. The molecule has 1 unspecified atom stereocenters. The third-order valence-corrected chi connectivity index (χ3v) is 2.01. The first-order valence-corrected chi connectivity index (χ1v) is 4.69. The Bertz CT molecular complexity index is 375. The molecule has 1 atom stereocenters. The van der Waals surface area contributed by atoms with Gasteiger partial charge in [-0.25, -0.2) is 0 Å². The number of carbonyl (C=O) groups excluding carboxylic acids is 1. The SMILES string of the molecule is CC(N)c1cccn1CC(=O)NCC#N. The highest BCUT2D eigenvalue weighted by atomic mass is 16.1. The first-order chi connectivity index (χ1) is 7.15. The second kappa shape index (κ2) is 5.17. The molecule has 0 spiro atoms. The fourth-order valence-corrected chi connectivity index (χ4v) is 1.33. The summed E-state index contributed by atoms with van der Waals surface area (Å²) >= 11 is 0. The maximum atomic E-state index is 11.3. The minimum atomic E-state index is -0.186. The molecule has 1 amide bonds. The standard InChI is InChI=1S/C10H14N4O/c1-8(12)9-3-2-6-14(9)7-10(15)13-5-4-11/h2-3,6,8H,5,7,12H2,1H3,(H,13,15). The largest absolute Gasteiger partial charge is 0.341 e. The number of carbonyl (C=O) groups is 1. The molecule has 1 rings (SSSR count). The number of nitriles is 1. The number of hydrogen-bond donors (Lipinski definition) is 2. The molecule has 5 nitrogen and oxygen atoms in total.